The fraction of sp³-hybridized carbons (Fsp3) is 0.500. The maximum atomic E-state index is 4.20. The zero-order chi connectivity index (χ0) is 12.7. The Balaban J connectivity index is 0.000000686. The summed E-state index contributed by atoms with van der Waals surface area (Å²) in [6, 6.07) is 10.5. The molecule has 0 N–H and O–H groups in total. The van der Waals surface area contributed by atoms with Crippen LogP contribution >= 0.6 is 0 Å². The second-order valence-corrected chi connectivity index (χ2v) is 4.48. The van der Waals surface area contributed by atoms with Crippen molar-refractivity contribution < 1.29 is 0 Å². The first-order valence-corrected chi connectivity index (χ1v) is 6.76. The van der Waals surface area contributed by atoms with Crippen LogP contribution in [0.1, 0.15) is 39.2 Å². The predicted molar refractivity (Wildman–Crippen MR) is 76.8 cm³/mol. The first kappa shape index (κ1) is 13.8. The van der Waals surface area contributed by atoms with Gasteiger partial charge in [0.05, 0.1) is 0 Å². The van der Waals surface area contributed by atoms with E-state index in [1.165, 1.54) is 24.1 Å². The van der Waals surface area contributed by atoms with Crippen LogP contribution in [0, 0.1) is 5.92 Å². The standard InChI is InChI=1S/C14H19N.C2H6/c1-12-8-10-15(11-9-12)13(2)14-6-4-3-5-7-14;1-2/h3-7,12H,2,8-11H2,1H3;1-2H3. The van der Waals surface area contributed by atoms with Gasteiger partial charge in [-0.3, -0.25) is 0 Å². The summed E-state index contributed by atoms with van der Waals surface area (Å²) in [5.41, 5.74) is 2.44. The van der Waals surface area contributed by atoms with Crippen molar-refractivity contribution in [2.45, 2.75) is 33.6 Å². The van der Waals surface area contributed by atoms with Gasteiger partial charge in [0.25, 0.3) is 0 Å². The van der Waals surface area contributed by atoms with Crippen molar-refractivity contribution in [1.82, 2.24) is 4.90 Å². The molecule has 17 heavy (non-hydrogen) atoms. The van der Waals surface area contributed by atoms with Crippen LogP contribution in [0.3, 0.4) is 0 Å². The van der Waals surface area contributed by atoms with Gasteiger partial charge in [-0.25, -0.2) is 0 Å². The Labute approximate surface area is 106 Å². The van der Waals surface area contributed by atoms with Crippen LogP contribution in [0.15, 0.2) is 36.9 Å². The zero-order valence-electron chi connectivity index (χ0n) is 11.4. The summed E-state index contributed by atoms with van der Waals surface area (Å²) in [7, 11) is 0. The number of likely N-dealkylation sites (tertiary alicyclic amines) is 1. The van der Waals surface area contributed by atoms with Crippen molar-refractivity contribution in [3.05, 3.63) is 42.5 Å². The smallest absolute Gasteiger partial charge is 0.0366 e. The third-order valence-corrected chi connectivity index (χ3v) is 3.27. The van der Waals surface area contributed by atoms with Crippen molar-refractivity contribution in [3.63, 3.8) is 0 Å². The summed E-state index contributed by atoms with van der Waals surface area (Å²) >= 11 is 0. The molecule has 1 heterocycles. The zero-order valence-corrected chi connectivity index (χ0v) is 11.4. The van der Waals surface area contributed by atoms with E-state index >= 15 is 0 Å². The Hall–Kier alpha value is -1.24. The van der Waals surface area contributed by atoms with Gasteiger partial charge in [0.15, 0.2) is 0 Å². The molecule has 0 aromatic heterocycles. The lowest BCUT2D eigenvalue weighted by molar-refractivity contribution is 0.268. The number of nitrogens with zero attached hydrogens (tertiary/aromatic N) is 1. The van der Waals surface area contributed by atoms with E-state index in [2.05, 4.69) is 48.7 Å². The molecule has 2 rings (SSSR count). The lowest BCUT2D eigenvalue weighted by Gasteiger charge is -2.33. The summed E-state index contributed by atoms with van der Waals surface area (Å²) in [6.45, 7) is 12.9. The van der Waals surface area contributed by atoms with Crippen LogP contribution in [0.4, 0.5) is 0 Å². The molecule has 0 radical (unpaired) electrons. The molecular weight excluding hydrogens is 206 g/mol. The molecule has 1 fully saturated rings. The largest absolute Gasteiger partial charge is 0.372 e. The Morgan fingerprint density at radius 3 is 2.18 bits per heavy atom. The molecule has 0 atom stereocenters. The first-order valence-electron chi connectivity index (χ1n) is 6.76. The third kappa shape index (κ3) is 3.92. The van der Waals surface area contributed by atoms with E-state index in [1.807, 2.05) is 13.8 Å². The second-order valence-electron chi connectivity index (χ2n) is 4.48. The number of rotatable bonds is 2. The lowest BCUT2D eigenvalue weighted by Crippen LogP contribution is -2.31. The number of piperidine rings is 1. The van der Waals surface area contributed by atoms with Gasteiger partial charge >= 0.3 is 0 Å². The van der Waals surface area contributed by atoms with Gasteiger partial charge in [0, 0.05) is 18.8 Å². The maximum absolute atomic E-state index is 4.20. The number of hydrogen-bond acceptors (Lipinski definition) is 1. The van der Waals surface area contributed by atoms with Crippen LogP contribution < -0.4 is 0 Å². The van der Waals surface area contributed by atoms with Crippen molar-refractivity contribution in [2.75, 3.05) is 13.1 Å². The summed E-state index contributed by atoms with van der Waals surface area (Å²) < 4.78 is 0. The van der Waals surface area contributed by atoms with Crippen molar-refractivity contribution in [2.24, 2.45) is 5.92 Å². The average molecular weight is 231 g/mol. The van der Waals surface area contributed by atoms with E-state index in [-0.39, 0.29) is 0 Å². The molecule has 0 unspecified atom stereocenters. The Bertz CT molecular complexity index is 321. The molecule has 0 bridgehead atoms. The highest BCUT2D eigenvalue weighted by atomic mass is 15.1. The lowest BCUT2D eigenvalue weighted by atomic mass is 9.98. The molecule has 1 saturated heterocycles. The van der Waals surface area contributed by atoms with Gasteiger partial charge < -0.3 is 4.90 Å². The molecule has 0 amide bonds. The highest BCUT2D eigenvalue weighted by Crippen LogP contribution is 2.24. The topological polar surface area (TPSA) is 3.24 Å². The third-order valence-electron chi connectivity index (χ3n) is 3.27. The van der Waals surface area contributed by atoms with E-state index in [4.69, 9.17) is 0 Å². The van der Waals surface area contributed by atoms with Crippen LogP contribution in [0.2, 0.25) is 0 Å². The number of benzene rings is 1. The Kier molecular flexibility index (Phi) is 5.82. The van der Waals surface area contributed by atoms with Gasteiger partial charge in [0.2, 0.25) is 0 Å². The van der Waals surface area contributed by atoms with E-state index in [0.717, 1.165) is 19.0 Å². The van der Waals surface area contributed by atoms with E-state index in [1.54, 1.807) is 0 Å². The molecular formula is C16H25N. The van der Waals surface area contributed by atoms with E-state index in [9.17, 15) is 0 Å². The van der Waals surface area contributed by atoms with Crippen LogP contribution in [0.25, 0.3) is 5.70 Å². The van der Waals surface area contributed by atoms with Gasteiger partial charge in [-0.15, -0.1) is 0 Å². The average Bonchev–Trinajstić information content (AvgIpc) is 2.42. The molecule has 0 saturated carbocycles. The van der Waals surface area contributed by atoms with Crippen molar-refractivity contribution in [3.8, 4) is 0 Å². The SMILES string of the molecule is C=C(c1ccccc1)N1CCC(C)CC1.CC. The summed E-state index contributed by atoms with van der Waals surface area (Å²) in [4.78, 5) is 2.41. The molecule has 1 aliphatic heterocycles. The quantitative estimate of drug-likeness (QED) is 0.728. The fourth-order valence-electron chi connectivity index (χ4n) is 2.09. The van der Waals surface area contributed by atoms with Crippen LogP contribution in [-0.4, -0.2) is 18.0 Å². The van der Waals surface area contributed by atoms with E-state index < -0.39 is 0 Å². The molecule has 1 heteroatoms. The Morgan fingerprint density at radius 1 is 1.12 bits per heavy atom. The summed E-state index contributed by atoms with van der Waals surface area (Å²) in [5, 5.41) is 0. The van der Waals surface area contributed by atoms with Crippen molar-refractivity contribution in [1.29, 1.82) is 0 Å². The molecule has 1 aliphatic rings. The molecule has 0 spiro atoms. The molecule has 1 aromatic rings. The van der Waals surface area contributed by atoms with E-state index in [0.29, 0.717) is 0 Å². The minimum absolute atomic E-state index is 0.879. The monoisotopic (exact) mass is 231 g/mol. The highest BCUT2D eigenvalue weighted by Gasteiger charge is 2.17. The summed E-state index contributed by atoms with van der Waals surface area (Å²) in [5.74, 6) is 0.879. The van der Waals surface area contributed by atoms with Crippen LogP contribution in [-0.2, 0) is 0 Å². The first-order chi connectivity index (χ1) is 8.27. The minimum Gasteiger partial charge on any atom is -0.372 e. The van der Waals surface area contributed by atoms with Crippen LogP contribution in [0.5, 0.6) is 0 Å². The molecule has 1 aromatic carbocycles. The molecule has 94 valence electrons. The molecule has 1 nitrogen and oxygen atoms in total. The maximum Gasteiger partial charge on any atom is 0.0366 e. The minimum atomic E-state index is 0.879. The normalized spacial score (nSPS) is 16.1. The highest BCUT2D eigenvalue weighted by molar-refractivity contribution is 5.61. The van der Waals surface area contributed by atoms with Gasteiger partial charge in [-0.1, -0.05) is 57.7 Å². The van der Waals surface area contributed by atoms with Gasteiger partial charge in [-0.05, 0) is 24.3 Å². The predicted octanol–water partition coefficient (Wildman–Crippen LogP) is 4.42. The Morgan fingerprint density at radius 2 is 1.65 bits per heavy atom. The van der Waals surface area contributed by atoms with Crippen molar-refractivity contribution >= 4 is 5.70 Å². The number of hydrogen-bond donors (Lipinski definition) is 0. The van der Waals surface area contributed by atoms with Gasteiger partial charge in [0.1, 0.15) is 0 Å². The molecule has 0 aliphatic carbocycles. The summed E-state index contributed by atoms with van der Waals surface area (Å²) in [6.07, 6.45) is 2.59. The fourth-order valence-corrected chi connectivity index (χ4v) is 2.09. The van der Waals surface area contributed by atoms with Gasteiger partial charge in [-0.2, -0.15) is 0 Å². The second kappa shape index (κ2) is 7.16.